The number of carbonyl (C=O) groups is 1. The lowest BCUT2D eigenvalue weighted by atomic mass is 10.1. The van der Waals surface area contributed by atoms with Crippen LogP contribution in [0.1, 0.15) is 35.0 Å². The minimum atomic E-state index is -1.00. The maximum absolute atomic E-state index is 11.0. The van der Waals surface area contributed by atoms with Gasteiger partial charge in [-0.15, -0.1) is 0 Å². The van der Waals surface area contributed by atoms with E-state index in [0.717, 1.165) is 12.8 Å². The average Bonchev–Trinajstić information content (AvgIpc) is 2.81. The molecule has 6 heteroatoms. The van der Waals surface area contributed by atoms with Crippen molar-refractivity contribution in [3.05, 3.63) is 17.5 Å². The zero-order valence-corrected chi connectivity index (χ0v) is 9.66. The molecule has 0 amide bonds. The minimum absolute atomic E-state index is 0.143. The molecule has 0 aliphatic carbocycles. The van der Waals surface area contributed by atoms with E-state index in [1.54, 1.807) is 0 Å². The van der Waals surface area contributed by atoms with Gasteiger partial charge in [0.2, 0.25) is 0 Å². The largest absolute Gasteiger partial charge is 0.478 e. The Hall–Kier alpha value is -1.14. The highest BCUT2D eigenvalue weighted by Crippen LogP contribution is 2.30. The number of carboxylic acids is 1. The average molecular weight is 240 g/mol. The van der Waals surface area contributed by atoms with Crippen LogP contribution in [0, 0.1) is 0 Å². The number of hydrogen-bond acceptors (Lipinski definition) is 5. The first kappa shape index (κ1) is 11.3. The Labute approximate surface area is 97.2 Å². The van der Waals surface area contributed by atoms with E-state index in [1.807, 2.05) is 6.26 Å². The Kier molecular flexibility index (Phi) is 3.40. The van der Waals surface area contributed by atoms with E-state index < -0.39 is 5.97 Å². The molecule has 0 saturated carbocycles. The first-order chi connectivity index (χ1) is 7.72. The molecule has 1 aliphatic heterocycles. The van der Waals surface area contributed by atoms with Crippen LogP contribution < -0.4 is 0 Å². The third-order valence-electron chi connectivity index (χ3n) is 2.44. The molecule has 1 atom stereocenters. The predicted octanol–water partition coefficient (Wildman–Crippen LogP) is 1.75. The van der Waals surface area contributed by atoms with Crippen LogP contribution in [-0.4, -0.2) is 33.9 Å². The van der Waals surface area contributed by atoms with Crippen molar-refractivity contribution in [2.75, 3.05) is 12.9 Å². The second-order valence-corrected chi connectivity index (χ2v) is 4.24. The van der Waals surface area contributed by atoms with Crippen LogP contribution in [0.25, 0.3) is 0 Å². The molecule has 1 saturated heterocycles. The molecule has 5 nitrogen and oxygen atoms in total. The number of ether oxygens (including phenoxy) is 1. The molecule has 1 fully saturated rings. The van der Waals surface area contributed by atoms with E-state index in [-0.39, 0.29) is 11.7 Å². The molecule has 0 spiro atoms. The molecule has 2 heterocycles. The summed E-state index contributed by atoms with van der Waals surface area (Å²) in [5.74, 6) is -1.00. The summed E-state index contributed by atoms with van der Waals surface area (Å²) in [6.45, 7) is 0.669. The lowest BCUT2D eigenvalue weighted by Crippen LogP contribution is -2.11. The summed E-state index contributed by atoms with van der Waals surface area (Å²) >= 11 is 1.39. The number of nitrogens with zero attached hydrogens (tertiary/aromatic N) is 2. The summed E-state index contributed by atoms with van der Waals surface area (Å²) in [6.07, 6.45) is 4.79. The molecule has 0 unspecified atom stereocenters. The monoisotopic (exact) mass is 240 g/mol. The van der Waals surface area contributed by atoms with Crippen LogP contribution in [0.15, 0.2) is 11.4 Å². The second-order valence-electron chi connectivity index (χ2n) is 3.46. The highest BCUT2D eigenvalue weighted by atomic mass is 32.2. The molecule has 1 N–H and O–H groups in total. The fourth-order valence-electron chi connectivity index (χ4n) is 1.68. The highest BCUT2D eigenvalue weighted by Gasteiger charge is 2.25. The zero-order chi connectivity index (χ0) is 11.5. The van der Waals surface area contributed by atoms with Gasteiger partial charge in [0.05, 0.1) is 5.69 Å². The quantitative estimate of drug-likeness (QED) is 0.641. The topological polar surface area (TPSA) is 72.3 Å². The molecule has 1 aromatic heterocycles. The Morgan fingerprint density at radius 3 is 3.06 bits per heavy atom. The van der Waals surface area contributed by atoms with Gasteiger partial charge in [0.15, 0.2) is 5.16 Å². The third kappa shape index (κ3) is 2.17. The van der Waals surface area contributed by atoms with Gasteiger partial charge in [-0.05, 0) is 19.1 Å². The summed E-state index contributed by atoms with van der Waals surface area (Å²) in [6, 6.07) is 0. The first-order valence-corrected chi connectivity index (χ1v) is 6.20. The Bertz CT molecular complexity index is 405. The number of hydrogen-bond donors (Lipinski definition) is 1. The van der Waals surface area contributed by atoms with Gasteiger partial charge in [-0.25, -0.2) is 14.8 Å². The van der Waals surface area contributed by atoms with Gasteiger partial charge in [-0.3, -0.25) is 0 Å². The lowest BCUT2D eigenvalue weighted by Gasteiger charge is -2.11. The van der Waals surface area contributed by atoms with Crippen LogP contribution in [0.2, 0.25) is 0 Å². The minimum Gasteiger partial charge on any atom is -0.478 e. The van der Waals surface area contributed by atoms with Crippen molar-refractivity contribution in [3.63, 3.8) is 0 Å². The number of carboxylic acid groups (broad SMARTS) is 1. The van der Waals surface area contributed by atoms with Crippen LogP contribution in [-0.2, 0) is 4.74 Å². The van der Waals surface area contributed by atoms with Crippen molar-refractivity contribution in [2.24, 2.45) is 0 Å². The van der Waals surface area contributed by atoms with Crippen molar-refractivity contribution >= 4 is 17.7 Å². The van der Waals surface area contributed by atoms with E-state index in [1.165, 1.54) is 18.0 Å². The molecular weight excluding hydrogens is 228 g/mol. The summed E-state index contributed by atoms with van der Waals surface area (Å²) in [5, 5.41) is 9.63. The zero-order valence-electron chi connectivity index (χ0n) is 8.84. The fourth-order valence-corrected chi connectivity index (χ4v) is 2.03. The van der Waals surface area contributed by atoms with Crippen molar-refractivity contribution in [3.8, 4) is 0 Å². The van der Waals surface area contributed by atoms with Gasteiger partial charge in [-0.2, -0.15) is 0 Å². The van der Waals surface area contributed by atoms with Crippen LogP contribution in [0.3, 0.4) is 0 Å². The summed E-state index contributed by atoms with van der Waals surface area (Å²) in [5.41, 5.74) is 0.647. The van der Waals surface area contributed by atoms with Crippen molar-refractivity contribution in [1.29, 1.82) is 0 Å². The SMILES string of the molecule is CSc1ncc(C(=O)O)c([C@H]2CCCO2)n1. The van der Waals surface area contributed by atoms with E-state index in [0.29, 0.717) is 17.5 Å². The van der Waals surface area contributed by atoms with Gasteiger partial charge < -0.3 is 9.84 Å². The normalized spacial score (nSPS) is 19.9. The van der Waals surface area contributed by atoms with Crippen LogP contribution in [0.4, 0.5) is 0 Å². The van der Waals surface area contributed by atoms with E-state index in [4.69, 9.17) is 9.84 Å². The lowest BCUT2D eigenvalue weighted by molar-refractivity contribution is 0.0677. The number of aromatic nitrogens is 2. The van der Waals surface area contributed by atoms with E-state index in [2.05, 4.69) is 9.97 Å². The number of rotatable bonds is 3. The Balaban J connectivity index is 2.40. The standard InChI is InChI=1S/C10H12N2O3S/c1-16-10-11-5-6(9(13)14)8(12-10)7-3-2-4-15-7/h5,7H,2-4H2,1H3,(H,13,14)/t7-/m1/s1. The highest BCUT2D eigenvalue weighted by molar-refractivity contribution is 7.98. The second kappa shape index (κ2) is 4.80. The molecule has 1 aromatic rings. The maximum atomic E-state index is 11.0. The number of aromatic carboxylic acids is 1. The predicted molar refractivity (Wildman–Crippen MR) is 58.7 cm³/mol. The van der Waals surface area contributed by atoms with Crippen molar-refractivity contribution < 1.29 is 14.6 Å². The molecule has 2 rings (SSSR count). The Morgan fingerprint density at radius 1 is 1.69 bits per heavy atom. The van der Waals surface area contributed by atoms with Crippen LogP contribution >= 0.6 is 11.8 Å². The van der Waals surface area contributed by atoms with Crippen molar-refractivity contribution in [1.82, 2.24) is 9.97 Å². The molecule has 0 aromatic carbocycles. The Morgan fingerprint density at radius 2 is 2.50 bits per heavy atom. The molecular formula is C10H12N2O3S. The first-order valence-electron chi connectivity index (χ1n) is 4.98. The van der Waals surface area contributed by atoms with Gasteiger partial charge in [0.1, 0.15) is 11.7 Å². The molecule has 16 heavy (non-hydrogen) atoms. The smallest absolute Gasteiger partial charge is 0.339 e. The summed E-state index contributed by atoms with van der Waals surface area (Å²) in [7, 11) is 0. The summed E-state index contributed by atoms with van der Waals surface area (Å²) < 4.78 is 5.47. The van der Waals surface area contributed by atoms with Gasteiger partial charge >= 0.3 is 5.97 Å². The molecule has 0 bridgehead atoms. The number of thioether (sulfide) groups is 1. The van der Waals surface area contributed by atoms with Gasteiger partial charge in [-0.1, -0.05) is 11.8 Å². The van der Waals surface area contributed by atoms with E-state index in [9.17, 15) is 4.79 Å². The maximum Gasteiger partial charge on any atom is 0.339 e. The third-order valence-corrected chi connectivity index (χ3v) is 3.01. The molecule has 0 radical (unpaired) electrons. The van der Waals surface area contributed by atoms with Gasteiger partial charge in [0, 0.05) is 12.8 Å². The molecule has 1 aliphatic rings. The van der Waals surface area contributed by atoms with E-state index >= 15 is 0 Å². The van der Waals surface area contributed by atoms with Crippen LogP contribution in [0.5, 0.6) is 0 Å². The van der Waals surface area contributed by atoms with Gasteiger partial charge in [0.25, 0.3) is 0 Å². The summed E-state index contributed by atoms with van der Waals surface area (Å²) in [4.78, 5) is 19.2. The van der Waals surface area contributed by atoms with Crippen molar-refractivity contribution in [2.45, 2.75) is 24.1 Å². The fraction of sp³-hybridized carbons (Fsp3) is 0.500. The molecule has 86 valence electrons.